The van der Waals surface area contributed by atoms with E-state index in [2.05, 4.69) is 35.8 Å². The third-order valence-electron chi connectivity index (χ3n) is 6.73. The first-order valence-electron chi connectivity index (χ1n) is 11.2. The van der Waals surface area contributed by atoms with Crippen LogP contribution in [0.5, 0.6) is 0 Å². The molecule has 3 heterocycles. The van der Waals surface area contributed by atoms with Gasteiger partial charge in [0.2, 0.25) is 5.91 Å². The Bertz CT molecular complexity index is 866. The highest BCUT2D eigenvalue weighted by Gasteiger charge is 2.30. The average Bonchev–Trinajstić information content (AvgIpc) is 3.32. The van der Waals surface area contributed by atoms with Gasteiger partial charge in [-0.15, -0.1) is 0 Å². The molecule has 1 aromatic carbocycles. The van der Waals surface area contributed by atoms with E-state index in [4.69, 9.17) is 5.10 Å². The van der Waals surface area contributed by atoms with Gasteiger partial charge in [-0.1, -0.05) is 18.2 Å². The van der Waals surface area contributed by atoms with Gasteiger partial charge in [0.25, 0.3) is 0 Å². The van der Waals surface area contributed by atoms with Crippen molar-refractivity contribution < 1.29 is 4.79 Å². The van der Waals surface area contributed by atoms with Crippen molar-refractivity contribution >= 4 is 5.91 Å². The molecule has 0 saturated carbocycles. The maximum Gasteiger partial charge on any atom is 0.227 e. The number of amides is 1. The summed E-state index contributed by atoms with van der Waals surface area (Å²) in [7, 11) is 0. The Kier molecular flexibility index (Phi) is 6.04. The molecule has 0 bridgehead atoms. The molecule has 29 heavy (non-hydrogen) atoms. The number of likely N-dealkylation sites (tertiary alicyclic amines) is 2. The van der Waals surface area contributed by atoms with Gasteiger partial charge in [-0.05, 0) is 77.6 Å². The maximum atomic E-state index is 13.3. The Labute approximate surface area is 174 Å². The van der Waals surface area contributed by atoms with Crippen LogP contribution >= 0.6 is 0 Å². The van der Waals surface area contributed by atoms with E-state index in [1.54, 1.807) is 0 Å². The van der Waals surface area contributed by atoms with Crippen molar-refractivity contribution in [2.75, 3.05) is 26.2 Å². The summed E-state index contributed by atoms with van der Waals surface area (Å²) < 4.78 is 2.01. The minimum Gasteiger partial charge on any atom is -0.338 e. The molecule has 5 nitrogen and oxygen atoms in total. The number of benzene rings is 1. The molecule has 0 radical (unpaired) electrons. The lowest BCUT2D eigenvalue weighted by atomic mass is 10.00. The van der Waals surface area contributed by atoms with Crippen LogP contribution in [-0.2, 0) is 11.2 Å². The van der Waals surface area contributed by atoms with Crippen LogP contribution in [0.2, 0.25) is 0 Å². The number of rotatable bonds is 5. The van der Waals surface area contributed by atoms with E-state index in [1.165, 1.54) is 37.9 Å². The number of aromatic nitrogens is 2. The third-order valence-corrected chi connectivity index (χ3v) is 6.73. The fraction of sp³-hybridized carbons (Fsp3) is 0.583. The van der Waals surface area contributed by atoms with Crippen molar-refractivity contribution in [2.24, 2.45) is 0 Å². The van der Waals surface area contributed by atoms with Gasteiger partial charge in [-0.2, -0.15) is 5.10 Å². The topological polar surface area (TPSA) is 41.4 Å². The third kappa shape index (κ3) is 4.25. The molecule has 0 aliphatic carbocycles. The monoisotopic (exact) mass is 394 g/mol. The highest BCUT2D eigenvalue weighted by atomic mass is 16.2. The van der Waals surface area contributed by atoms with E-state index in [9.17, 15) is 4.79 Å². The zero-order chi connectivity index (χ0) is 20.4. The predicted molar refractivity (Wildman–Crippen MR) is 117 cm³/mol. The van der Waals surface area contributed by atoms with Gasteiger partial charge in [0.05, 0.1) is 17.8 Å². The van der Waals surface area contributed by atoms with Crippen molar-refractivity contribution in [1.82, 2.24) is 19.6 Å². The van der Waals surface area contributed by atoms with Crippen LogP contribution < -0.4 is 0 Å². The summed E-state index contributed by atoms with van der Waals surface area (Å²) in [6.45, 7) is 10.6. The maximum absolute atomic E-state index is 13.3. The van der Waals surface area contributed by atoms with E-state index < -0.39 is 0 Å². The van der Waals surface area contributed by atoms with Crippen molar-refractivity contribution in [3.63, 3.8) is 0 Å². The molecule has 1 aromatic heterocycles. The Morgan fingerprint density at radius 3 is 2.52 bits per heavy atom. The van der Waals surface area contributed by atoms with E-state index in [1.807, 2.05) is 23.7 Å². The number of nitrogens with zero attached hydrogens (tertiary/aromatic N) is 4. The second-order valence-corrected chi connectivity index (χ2v) is 8.77. The lowest BCUT2D eigenvalue weighted by Gasteiger charge is -2.38. The minimum absolute atomic E-state index is 0.268. The molecule has 5 heteroatoms. The number of hydrogen-bond acceptors (Lipinski definition) is 3. The first kappa shape index (κ1) is 20.1. The first-order chi connectivity index (χ1) is 14.0. The summed E-state index contributed by atoms with van der Waals surface area (Å²) >= 11 is 0. The van der Waals surface area contributed by atoms with Crippen LogP contribution in [0.3, 0.4) is 0 Å². The van der Waals surface area contributed by atoms with E-state index >= 15 is 0 Å². The van der Waals surface area contributed by atoms with E-state index in [0.717, 1.165) is 48.6 Å². The number of carbonyl (C=O) groups excluding carboxylic acids is 1. The van der Waals surface area contributed by atoms with Gasteiger partial charge in [-0.3, -0.25) is 4.79 Å². The molecular formula is C24H34N4O. The molecular weight excluding hydrogens is 360 g/mol. The van der Waals surface area contributed by atoms with Gasteiger partial charge >= 0.3 is 0 Å². The van der Waals surface area contributed by atoms with Gasteiger partial charge in [-0.25, -0.2) is 4.68 Å². The largest absolute Gasteiger partial charge is 0.338 e. The zero-order valence-corrected chi connectivity index (χ0v) is 18.2. The SMILES string of the molecule is Cc1ccccc1-n1nc(C)c(CC(=O)N2CCCCC2CN2CCCC2)c1C. The highest BCUT2D eigenvalue weighted by molar-refractivity contribution is 5.80. The molecule has 156 valence electrons. The van der Waals surface area contributed by atoms with Crippen molar-refractivity contribution in [3.8, 4) is 5.69 Å². The Morgan fingerprint density at radius 1 is 1.03 bits per heavy atom. The summed E-state index contributed by atoms with van der Waals surface area (Å²) in [5.41, 5.74) is 5.42. The van der Waals surface area contributed by atoms with E-state index in [-0.39, 0.29) is 5.91 Å². The van der Waals surface area contributed by atoms with Crippen molar-refractivity contribution in [2.45, 2.75) is 65.3 Å². The summed E-state index contributed by atoms with van der Waals surface area (Å²) in [5.74, 6) is 0.268. The second-order valence-electron chi connectivity index (χ2n) is 8.77. The standard InChI is InChI=1S/C24H34N4O/c1-18-10-4-5-12-23(18)28-20(3)22(19(2)25-28)16-24(29)27-15-7-6-11-21(27)17-26-13-8-9-14-26/h4-5,10,12,21H,6-9,11,13-17H2,1-3H3. The number of aryl methyl sites for hydroxylation is 2. The van der Waals surface area contributed by atoms with Crippen molar-refractivity contribution in [1.29, 1.82) is 0 Å². The Morgan fingerprint density at radius 2 is 1.76 bits per heavy atom. The first-order valence-corrected chi connectivity index (χ1v) is 11.2. The number of piperidine rings is 1. The van der Waals surface area contributed by atoms with Crippen LogP contribution in [0.1, 0.15) is 54.6 Å². The highest BCUT2D eigenvalue weighted by Crippen LogP contribution is 2.24. The normalized spacial score (nSPS) is 20.4. The van der Waals surface area contributed by atoms with E-state index in [0.29, 0.717) is 12.5 Å². The van der Waals surface area contributed by atoms with Crippen LogP contribution in [0.25, 0.3) is 5.69 Å². The van der Waals surface area contributed by atoms with Crippen molar-refractivity contribution in [3.05, 3.63) is 46.8 Å². The van der Waals surface area contributed by atoms with Crippen LogP contribution in [0.4, 0.5) is 0 Å². The summed E-state index contributed by atoms with van der Waals surface area (Å²) in [6, 6.07) is 8.66. The summed E-state index contributed by atoms with van der Waals surface area (Å²) in [4.78, 5) is 18.1. The molecule has 2 fully saturated rings. The molecule has 0 spiro atoms. The smallest absolute Gasteiger partial charge is 0.227 e. The average molecular weight is 395 g/mol. The Balaban J connectivity index is 1.52. The number of hydrogen-bond donors (Lipinski definition) is 0. The molecule has 2 aliphatic heterocycles. The fourth-order valence-electron chi connectivity index (χ4n) is 5.00. The zero-order valence-electron chi connectivity index (χ0n) is 18.2. The predicted octanol–water partition coefficient (Wildman–Crippen LogP) is 3.82. The fourth-order valence-corrected chi connectivity index (χ4v) is 5.00. The van der Waals surface area contributed by atoms with Crippen LogP contribution in [-0.4, -0.2) is 57.7 Å². The van der Waals surface area contributed by atoms with Gasteiger partial charge < -0.3 is 9.80 Å². The number of carbonyl (C=O) groups is 1. The quantitative estimate of drug-likeness (QED) is 0.774. The van der Waals surface area contributed by atoms with Gasteiger partial charge in [0, 0.05) is 30.4 Å². The second kappa shape index (κ2) is 8.70. The lowest BCUT2D eigenvalue weighted by Crippen LogP contribution is -2.49. The molecule has 1 amide bonds. The summed E-state index contributed by atoms with van der Waals surface area (Å²) in [5, 5.41) is 4.78. The number of para-hydroxylation sites is 1. The molecule has 2 saturated heterocycles. The molecule has 1 atom stereocenters. The molecule has 4 rings (SSSR count). The minimum atomic E-state index is 0.268. The summed E-state index contributed by atoms with van der Waals surface area (Å²) in [6.07, 6.45) is 6.57. The Hall–Kier alpha value is -2.14. The molecule has 2 aliphatic rings. The molecule has 2 aromatic rings. The van der Waals surface area contributed by atoms with Crippen LogP contribution in [0.15, 0.2) is 24.3 Å². The van der Waals surface area contributed by atoms with Gasteiger partial charge in [0.1, 0.15) is 0 Å². The lowest BCUT2D eigenvalue weighted by molar-refractivity contribution is -0.134. The van der Waals surface area contributed by atoms with Crippen LogP contribution in [0, 0.1) is 20.8 Å². The molecule has 1 unspecified atom stereocenters. The van der Waals surface area contributed by atoms with Gasteiger partial charge in [0.15, 0.2) is 0 Å². The molecule has 0 N–H and O–H groups in total.